The molecule has 0 saturated carbocycles. The summed E-state index contributed by atoms with van der Waals surface area (Å²) >= 11 is 0. The lowest BCUT2D eigenvalue weighted by Gasteiger charge is -2.10. The van der Waals surface area contributed by atoms with Gasteiger partial charge in [0, 0.05) is 48.0 Å². The molecule has 0 radical (unpaired) electrons. The molecule has 182 valence electrons. The van der Waals surface area contributed by atoms with E-state index in [4.69, 9.17) is 0 Å². The Kier molecular flexibility index (Phi) is 7.05. The zero-order chi connectivity index (χ0) is 25.1. The van der Waals surface area contributed by atoms with Crippen molar-refractivity contribution in [1.82, 2.24) is 19.7 Å². The Morgan fingerprint density at radius 3 is 2.46 bits per heavy atom. The molecule has 7 heteroatoms. The van der Waals surface area contributed by atoms with Crippen molar-refractivity contribution >= 4 is 28.4 Å². The first kappa shape index (κ1) is 24.3. The number of fused-ring (bicyclic) bond motifs is 1. The first-order valence-electron chi connectivity index (χ1n) is 12.1. The van der Waals surface area contributed by atoms with Crippen molar-refractivity contribution in [1.29, 1.82) is 0 Å². The van der Waals surface area contributed by atoms with E-state index in [9.17, 15) is 9.59 Å². The van der Waals surface area contributed by atoms with Crippen molar-refractivity contribution in [2.45, 2.75) is 47.7 Å². The molecule has 2 amide bonds. The van der Waals surface area contributed by atoms with E-state index < -0.39 is 0 Å². The largest absolute Gasteiger partial charge is 0.350 e. The highest BCUT2D eigenvalue weighted by Gasteiger charge is 2.20. The molecule has 0 fully saturated rings. The summed E-state index contributed by atoms with van der Waals surface area (Å²) in [5.41, 5.74) is 5.82. The predicted octanol–water partition coefficient (Wildman–Crippen LogP) is 5.16. The fourth-order valence-electron chi connectivity index (χ4n) is 4.18. The van der Waals surface area contributed by atoms with E-state index in [1.165, 1.54) is 11.3 Å². The molecule has 0 aliphatic carbocycles. The van der Waals surface area contributed by atoms with Gasteiger partial charge in [-0.3, -0.25) is 14.3 Å². The summed E-state index contributed by atoms with van der Waals surface area (Å²) in [5, 5.41) is 11.2. The molecule has 0 aliphatic rings. The minimum atomic E-state index is -0.291. The van der Waals surface area contributed by atoms with Gasteiger partial charge in [-0.1, -0.05) is 44.2 Å². The van der Waals surface area contributed by atoms with E-state index in [1.54, 1.807) is 10.9 Å². The van der Waals surface area contributed by atoms with E-state index in [-0.39, 0.29) is 17.5 Å². The average Bonchev–Trinajstić information content (AvgIpc) is 3.37. The Balaban J connectivity index is 1.61. The minimum absolute atomic E-state index is 0.225. The molecule has 4 aromatic rings. The van der Waals surface area contributed by atoms with E-state index in [1.807, 2.05) is 57.2 Å². The fourth-order valence-corrected chi connectivity index (χ4v) is 4.18. The molecular weight excluding hydrogens is 438 g/mol. The summed E-state index contributed by atoms with van der Waals surface area (Å²) in [7, 11) is 0. The lowest BCUT2D eigenvalue weighted by atomic mass is 10.1. The number of aromatic nitrogens is 3. The summed E-state index contributed by atoms with van der Waals surface area (Å²) in [5.74, 6) is -0.243. The van der Waals surface area contributed by atoms with Crippen LogP contribution in [-0.4, -0.2) is 32.7 Å². The van der Waals surface area contributed by atoms with Gasteiger partial charge in [0.15, 0.2) is 5.69 Å². The molecular formula is C28H33N5O2. The van der Waals surface area contributed by atoms with Gasteiger partial charge in [0.2, 0.25) is 0 Å². The topological polar surface area (TPSA) is 81.0 Å². The minimum Gasteiger partial charge on any atom is -0.350 e. The van der Waals surface area contributed by atoms with Crippen molar-refractivity contribution in [3.63, 3.8) is 0 Å². The van der Waals surface area contributed by atoms with Crippen molar-refractivity contribution in [2.24, 2.45) is 5.92 Å². The highest BCUT2D eigenvalue weighted by Crippen LogP contribution is 2.28. The number of nitrogens with one attached hydrogen (secondary N) is 2. The summed E-state index contributed by atoms with van der Waals surface area (Å²) in [4.78, 5) is 25.9. The van der Waals surface area contributed by atoms with Crippen LogP contribution in [0.5, 0.6) is 0 Å². The highest BCUT2D eigenvalue weighted by molar-refractivity contribution is 6.09. The average molecular weight is 472 g/mol. The van der Waals surface area contributed by atoms with Crippen molar-refractivity contribution in [3.8, 4) is 0 Å². The molecule has 2 heterocycles. The molecule has 0 spiro atoms. The Hall–Kier alpha value is -3.87. The summed E-state index contributed by atoms with van der Waals surface area (Å²) in [6, 6.07) is 16.1. The van der Waals surface area contributed by atoms with Gasteiger partial charge in [-0.2, -0.15) is 5.10 Å². The van der Waals surface area contributed by atoms with Gasteiger partial charge in [0.05, 0.1) is 5.69 Å². The number of carbonyl (C=O) groups excluding carboxylic acids is 2. The second-order valence-electron chi connectivity index (χ2n) is 9.32. The maximum absolute atomic E-state index is 13.2. The quantitative estimate of drug-likeness (QED) is 0.372. The zero-order valence-corrected chi connectivity index (χ0v) is 21.1. The van der Waals surface area contributed by atoms with E-state index >= 15 is 0 Å². The molecule has 2 aromatic carbocycles. The molecule has 0 saturated heterocycles. The standard InChI is InChI=1S/C28H33N5O2/c1-6-32-17-24(26(31-32)28(35)29-15-18(2)3)30-27(34)22-12-13-25-23(14-22)19(4)20(5)33(25)16-21-10-8-7-9-11-21/h7-14,17-18H,6,15-16H2,1-5H3,(H,29,35)(H,30,34). The molecule has 35 heavy (non-hydrogen) atoms. The van der Waals surface area contributed by atoms with Crippen LogP contribution in [0.4, 0.5) is 5.69 Å². The van der Waals surface area contributed by atoms with Gasteiger partial charge >= 0.3 is 0 Å². The maximum Gasteiger partial charge on any atom is 0.273 e. The molecule has 0 aliphatic heterocycles. The number of benzene rings is 2. The van der Waals surface area contributed by atoms with Crippen LogP contribution in [0.1, 0.15) is 58.4 Å². The zero-order valence-electron chi connectivity index (χ0n) is 21.1. The Morgan fingerprint density at radius 2 is 1.77 bits per heavy atom. The normalized spacial score (nSPS) is 11.3. The second kappa shape index (κ2) is 10.2. The van der Waals surface area contributed by atoms with Crippen LogP contribution in [0.25, 0.3) is 10.9 Å². The fraction of sp³-hybridized carbons (Fsp3) is 0.321. The van der Waals surface area contributed by atoms with Crippen LogP contribution >= 0.6 is 0 Å². The van der Waals surface area contributed by atoms with Crippen LogP contribution < -0.4 is 10.6 Å². The van der Waals surface area contributed by atoms with Gasteiger partial charge in [-0.05, 0) is 56.0 Å². The van der Waals surface area contributed by atoms with Gasteiger partial charge < -0.3 is 15.2 Å². The lowest BCUT2D eigenvalue weighted by molar-refractivity contribution is 0.0944. The Labute approximate surface area is 206 Å². The molecule has 0 atom stereocenters. The van der Waals surface area contributed by atoms with E-state index in [0.29, 0.717) is 30.3 Å². The molecule has 4 rings (SSSR count). The van der Waals surface area contributed by atoms with Crippen LogP contribution in [0.15, 0.2) is 54.7 Å². The van der Waals surface area contributed by atoms with Crippen LogP contribution in [0.3, 0.4) is 0 Å². The number of amides is 2. The number of hydrogen-bond acceptors (Lipinski definition) is 3. The van der Waals surface area contributed by atoms with Crippen molar-refractivity contribution < 1.29 is 9.59 Å². The van der Waals surface area contributed by atoms with Gasteiger partial charge in [-0.25, -0.2) is 0 Å². The molecule has 0 bridgehead atoms. The van der Waals surface area contributed by atoms with E-state index in [2.05, 4.69) is 46.3 Å². The summed E-state index contributed by atoms with van der Waals surface area (Å²) in [6.45, 7) is 12.1. The van der Waals surface area contributed by atoms with Gasteiger partial charge in [0.25, 0.3) is 11.8 Å². The third kappa shape index (κ3) is 5.14. The molecule has 2 aromatic heterocycles. The predicted molar refractivity (Wildman–Crippen MR) is 140 cm³/mol. The van der Waals surface area contributed by atoms with Crippen molar-refractivity contribution in [2.75, 3.05) is 11.9 Å². The third-order valence-corrected chi connectivity index (χ3v) is 6.30. The monoisotopic (exact) mass is 471 g/mol. The highest BCUT2D eigenvalue weighted by atomic mass is 16.2. The second-order valence-corrected chi connectivity index (χ2v) is 9.32. The first-order chi connectivity index (χ1) is 16.8. The summed E-state index contributed by atoms with van der Waals surface area (Å²) in [6.07, 6.45) is 1.70. The molecule has 7 nitrogen and oxygen atoms in total. The summed E-state index contributed by atoms with van der Waals surface area (Å²) < 4.78 is 3.93. The first-order valence-corrected chi connectivity index (χ1v) is 12.1. The van der Waals surface area contributed by atoms with Gasteiger partial charge in [0.1, 0.15) is 0 Å². The smallest absolute Gasteiger partial charge is 0.273 e. The number of carbonyl (C=O) groups is 2. The van der Waals surface area contributed by atoms with E-state index in [0.717, 1.165) is 23.0 Å². The third-order valence-electron chi connectivity index (χ3n) is 6.30. The Bertz CT molecular complexity index is 1370. The van der Waals surface area contributed by atoms with Gasteiger partial charge in [-0.15, -0.1) is 0 Å². The SMILES string of the molecule is CCn1cc(NC(=O)c2ccc3c(c2)c(C)c(C)n3Cc2ccccc2)c(C(=O)NCC(C)C)n1. The molecule has 0 unspecified atom stereocenters. The maximum atomic E-state index is 13.2. The number of aryl methyl sites for hydroxylation is 2. The van der Waals surface area contributed by atoms with Crippen molar-refractivity contribution in [3.05, 3.63) is 82.8 Å². The van der Waals surface area contributed by atoms with Crippen LogP contribution in [0, 0.1) is 19.8 Å². The van der Waals surface area contributed by atoms with Crippen LogP contribution in [0.2, 0.25) is 0 Å². The lowest BCUT2D eigenvalue weighted by Crippen LogP contribution is -2.28. The van der Waals surface area contributed by atoms with Crippen LogP contribution in [-0.2, 0) is 13.1 Å². The number of nitrogens with zero attached hydrogens (tertiary/aromatic N) is 3. The number of anilines is 1. The number of rotatable bonds is 8. The number of hydrogen-bond donors (Lipinski definition) is 2. The Morgan fingerprint density at radius 1 is 1.03 bits per heavy atom. The molecule has 2 N–H and O–H groups in total.